The molecule has 4 nitrogen and oxygen atoms in total. The van der Waals surface area contributed by atoms with E-state index in [9.17, 15) is 14.4 Å². The number of halogens is 2. The van der Waals surface area contributed by atoms with Crippen LogP contribution in [0.3, 0.4) is 0 Å². The Balaban J connectivity index is 2.21. The highest BCUT2D eigenvalue weighted by Gasteiger charge is 2.46. The summed E-state index contributed by atoms with van der Waals surface area (Å²) in [4.78, 5) is 12.7. The van der Waals surface area contributed by atoms with Crippen molar-refractivity contribution in [2.24, 2.45) is 11.3 Å². The number of benzene rings is 1. The van der Waals surface area contributed by atoms with Crippen LogP contribution in [-0.4, -0.2) is 11.7 Å². The van der Waals surface area contributed by atoms with Gasteiger partial charge in [-0.2, -0.15) is 5.26 Å². The van der Waals surface area contributed by atoms with E-state index in [2.05, 4.69) is 15.9 Å². The van der Waals surface area contributed by atoms with Crippen molar-refractivity contribution in [2.45, 2.75) is 32.6 Å². The summed E-state index contributed by atoms with van der Waals surface area (Å²) in [5.74, 6) is -2.28. The van der Waals surface area contributed by atoms with Crippen molar-refractivity contribution in [1.82, 2.24) is 0 Å². The SMILES string of the molecule is CC1(C)CC(=O)C2=C(C1)OC(=N)C(C#N)C2c1ccc(Br)cc1F. The Bertz CT molecular complexity index is 823. The Morgan fingerprint density at radius 3 is 2.75 bits per heavy atom. The van der Waals surface area contributed by atoms with Crippen LogP contribution in [0, 0.1) is 33.9 Å². The first-order chi connectivity index (χ1) is 11.2. The molecule has 0 radical (unpaired) electrons. The Hall–Kier alpha value is -2.00. The van der Waals surface area contributed by atoms with Crippen LogP contribution in [0.4, 0.5) is 4.39 Å². The van der Waals surface area contributed by atoms with E-state index in [0.29, 0.717) is 28.6 Å². The van der Waals surface area contributed by atoms with Crippen molar-refractivity contribution in [3.05, 3.63) is 45.4 Å². The van der Waals surface area contributed by atoms with Gasteiger partial charge in [0.25, 0.3) is 0 Å². The summed E-state index contributed by atoms with van der Waals surface area (Å²) in [5.41, 5.74) is 0.315. The van der Waals surface area contributed by atoms with Crippen molar-refractivity contribution in [1.29, 1.82) is 10.7 Å². The normalized spacial score (nSPS) is 25.8. The number of rotatable bonds is 1. The molecule has 2 aliphatic rings. The van der Waals surface area contributed by atoms with Crippen LogP contribution >= 0.6 is 15.9 Å². The smallest absolute Gasteiger partial charge is 0.205 e. The first kappa shape index (κ1) is 16.8. The summed E-state index contributed by atoms with van der Waals surface area (Å²) in [7, 11) is 0. The zero-order valence-electron chi connectivity index (χ0n) is 13.3. The fourth-order valence-electron chi connectivity index (χ4n) is 3.45. The molecule has 124 valence electrons. The van der Waals surface area contributed by atoms with E-state index in [1.165, 1.54) is 6.07 Å². The van der Waals surface area contributed by atoms with E-state index in [0.717, 1.165) is 0 Å². The average molecular weight is 391 g/mol. The zero-order valence-corrected chi connectivity index (χ0v) is 14.9. The minimum Gasteiger partial charge on any atom is -0.446 e. The van der Waals surface area contributed by atoms with Gasteiger partial charge in [-0.3, -0.25) is 10.2 Å². The molecule has 0 bridgehead atoms. The second-order valence-corrected chi connectivity index (χ2v) is 7.91. The summed E-state index contributed by atoms with van der Waals surface area (Å²) >= 11 is 3.21. The number of carbonyl (C=O) groups excluding carboxylic acids is 1. The zero-order chi connectivity index (χ0) is 17.6. The van der Waals surface area contributed by atoms with Gasteiger partial charge in [-0.1, -0.05) is 35.8 Å². The van der Waals surface area contributed by atoms with Crippen molar-refractivity contribution >= 4 is 27.6 Å². The largest absolute Gasteiger partial charge is 0.446 e. The minimum atomic E-state index is -1.01. The van der Waals surface area contributed by atoms with Crippen LogP contribution in [0.25, 0.3) is 0 Å². The van der Waals surface area contributed by atoms with Crippen molar-refractivity contribution in [3.8, 4) is 6.07 Å². The highest BCUT2D eigenvalue weighted by Crippen LogP contribution is 2.48. The van der Waals surface area contributed by atoms with Gasteiger partial charge in [0.1, 0.15) is 17.5 Å². The van der Waals surface area contributed by atoms with Gasteiger partial charge in [0.2, 0.25) is 5.90 Å². The van der Waals surface area contributed by atoms with Crippen LogP contribution in [-0.2, 0) is 9.53 Å². The topological polar surface area (TPSA) is 73.9 Å². The van der Waals surface area contributed by atoms with E-state index in [1.54, 1.807) is 12.1 Å². The van der Waals surface area contributed by atoms with Gasteiger partial charge in [-0.05, 0) is 23.1 Å². The highest BCUT2D eigenvalue weighted by molar-refractivity contribution is 9.10. The molecule has 0 amide bonds. The van der Waals surface area contributed by atoms with Crippen molar-refractivity contribution in [3.63, 3.8) is 0 Å². The first-order valence-electron chi connectivity index (χ1n) is 7.60. The van der Waals surface area contributed by atoms with E-state index in [1.807, 2.05) is 19.9 Å². The predicted octanol–water partition coefficient (Wildman–Crippen LogP) is 4.46. The molecule has 0 saturated heterocycles. The van der Waals surface area contributed by atoms with E-state index >= 15 is 0 Å². The lowest BCUT2D eigenvalue weighted by Crippen LogP contribution is -2.38. The Morgan fingerprint density at radius 2 is 2.12 bits per heavy atom. The fraction of sp³-hybridized carbons (Fsp3) is 0.389. The number of ketones is 1. The van der Waals surface area contributed by atoms with Gasteiger partial charge < -0.3 is 4.74 Å². The number of hydrogen-bond donors (Lipinski definition) is 1. The molecule has 24 heavy (non-hydrogen) atoms. The van der Waals surface area contributed by atoms with Gasteiger partial charge in [0.05, 0.1) is 6.07 Å². The molecule has 0 aromatic heterocycles. The molecule has 1 heterocycles. The van der Waals surface area contributed by atoms with E-state index < -0.39 is 17.7 Å². The Morgan fingerprint density at radius 1 is 1.42 bits per heavy atom. The third-order valence-electron chi connectivity index (χ3n) is 4.48. The number of nitriles is 1. The van der Waals surface area contributed by atoms with Gasteiger partial charge in [-0.25, -0.2) is 4.39 Å². The first-order valence-corrected chi connectivity index (χ1v) is 8.40. The molecule has 0 saturated carbocycles. The molecular formula is C18H16BrFN2O2. The van der Waals surface area contributed by atoms with Gasteiger partial charge >= 0.3 is 0 Å². The lowest BCUT2D eigenvalue weighted by atomic mass is 9.68. The van der Waals surface area contributed by atoms with E-state index in [4.69, 9.17) is 10.1 Å². The molecule has 0 fully saturated rings. The summed E-state index contributed by atoms with van der Waals surface area (Å²) in [5, 5.41) is 17.5. The number of nitrogens with one attached hydrogen (secondary N) is 1. The van der Waals surface area contributed by atoms with Gasteiger partial charge in [-0.15, -0.1) is 0 Å². The monoisotopic (exact) mass is 390 g/mol. The molecule has 1 N–H and O–H groups in total. The van der Waals surface area contributed by atoms with Gasteiger partial charge in [0.15, 0.2) is 5.78 Å². The quantitative estimate of drug-likeness (QED) is 0.768. The summed E-state index contributed by atoms with van der Waals surface area (Å²) in [6.07, 6.45) is 0.804. The molecule has 3 rings (SSSR count). The van der Waals surface area contributed by atoms with Crippen LogP contribution in [0.15, 0.2) is 34.0 Å². The molecule has 1 aromatic rings. The molecule has 6 heteroatoms. The predicted molar refractivity (Wildman–Crippen MR) is 89.8 cm³/mol. The maximum atomic E-state index is 14.5. The summed E-state index contributed by atoms with van der Waals surface area (Å²) in [6, 6.07) is 6.54. The molecule has 2 unspecified atom stereocenters. The molecule has 1 aliphatic heterocycles. The number of hydrogen-bond acceptors (Lipinski definition) is 4. The maximum absolute atomic E-state index is 14.5. The number of Topliss-reactive ketones (excluding diaryl/α,β-unsaturated/α-hetero) is 1. The molecule has 1 aromatic carbocycles. The molecule has 1 aliphatic carbocycles. The number of carbonyl (C=O) groups is 1. The summed E-state index contributed by atoms with van der Waals surface area (Å²) in [6.45, 7) is 3.90. The Kier molecular flexibility index (Phi) is 4.08. The van der Waals surface area contributed by atoms with Crippen molar-refractivity contribution < 1.29 is 13.9 Å². The standard InChI is InChI=1S/C18H16BrFN2O2/c1-18(2)6-13(23)16-14(7-18)24-17(22)11(8-21)15(16)10-4-3-9(19)5-12(10)20/h3-5,11,15,22H,6-7H2,1-2H3. The van der Waals surface area contributed by atoms with Crippen LogP contribution in [0.2, 0.25) is 0 Å². The van der Waals surface area contributed by atoms with Gasteiger partial charge in [0, 0.05) is 28.8 Å². The Labute approximate surface area is 147 Å². The minimum absolute atomic E-state index is 0.138. The second-order valence-electron chi connectivity index (χ2n) is 6.99. The summed E-state index contributed by atoms with van der Waals surface area (Å²) < 4.78 is 20.6. The molecule has 0 spiro atoms. The number of nitrogens with zero attached hydrogens (tertiary/aromatic N) is 1. The lowest BCUT2D eigenvalue weighted by molar-refractivity contribution is -0.119. The van der Waals surface area contributed by atoms with Crippen LogP contribution in [0.5, 0.6) is 0 Å². The molecular weight excluding hydrogens is 375 g/mol. The second kappa shape index (κ2) is 5.82. The van der Waals surface area contributed by atoms with Crippen molar-refractivity contribution in [2.75, 3.05) is 0 Å². The van der Waals surface area contributed by atoms with E-state index in [-0.39, 0.29) is 22.7 Å². The average Bonchev–Trinajstić information content (AvgIpc) is 2.44. The number of allylic oxidation sites excluding steroid dienone is 2. The highest BCUT2D eigenvalue weighted by atomic mass is 79.9. The third-order valence-corrected chi connectivity index (χ3v) is 4.97. The van der Waals surface area contributed by atoms with Crippen LogP contribution in [0.1, 0.15) is 38.2 Å². The van der Waals surface area contributed by atoms with Crippen LogP contribution < -0.4 is 0 Å². The number of ether oxygens (including phenoxy) is 1. The lowest BCUT2D eigenvalue weighted by Gasteiger charge is -2.39. The third kappa shape index (κ3) is 2.78. The maximum Gasteiger partial charge on any atom is 0.205 e. The molecule has 2 atom stereocenters. The fourth-order valence-corrected chi connectivity index (χ4v) is 3.79.